The molecule has 5 unspecified atom stereocenters. The van der Waals surface area contributed by atoms with Gasteiger partial charge in [-0.05, 0) is 5.57 Å². The van der Waals surface area contributed by atoms with E-state index >= 15 is 0 Å². The van der Waals surface area contributed by atoms with E-state index in [1.165, 1.54) is 23.2 Å². The number of anilines is 1. The van der Waals surface area contributed by atoms with Crippen LogP contribution in [0.25, 0.3) is 0 Å². The van der Waals surface area contributed by atoms with Crippen molar-refractivity contribution < 1.29 is 63.8 Å². The number of carboxylic acids is 2. The summed E-state index contributed by atoms with van der Waals surface area (Å²) in [7, 11) is 0. The Morgan fingerprint density at radius 3 is 2.55 bits per heavy atom. The number of carboxylic acid groups (broad SMARTS) is 2. The molecular formula is C22H23N5O13S2. The van der Waals surface area contributed by atoms with Crippen LogP contribution in [0.4, 0.5) is 5.13 Å². The van der Waals surface area contributed by atoms with E-state index in [0.29, 0.717) is 5.57 Å². The molecule has 4 rings (SSSR count). The summed E-state index contributed by atoms with van der Waals surface area (Å²) in [6.07, 6.45) is -8.68. The average molecular weight is 630 g/mol. The number of hydrogen-bond donors (Lipinski definition) is 7. The minimum Gasteiger partial charge on any atom is -0.479 e. The normalized spacial score (nSPS) is 29.2. The molecule has 1 aromatic heterocycles. The summed E-state index contributed by atoms with van der Waals surface area (Å²) in [4.78, 5) is 70.9. The Bertz CT molecular complexity index is 1380. The Labute approximate surface area is 243 Å². The number of nitrogens with two attached hydrogens (primary N) is 1. The van der Waals surface area contributed by atoms with Gasteiger partial charge in [0.1, 0.15) is 41.1 Å². The summed E-state index contributed by atoms with van der Waals surface area (Å²) in [5, 5.41) is 54.8. The summed E-state index contributed by atoms with van der Waals surface area (Å²) in [6.45, 7) is 2.55. The van der Waals surface area contributed by atoms with Crippen molar-refractivity contribution >= 4 is 63.7 Å². The zero-order chi connectivity index (χ0) is 30.9. The Hall–Kier alpha value is -4.08. The molecule has 2 fully saturated rings. The van der Waals surface area contributed by atoms with Crippen molar-refractivity contribution in [2.75, 3.05) is 18.1 Å². The van der Waals surface area contributed by atoms with Crippen molar-refractivity contribution in [3.63, 3.8) is 0 Å². The van der Waals surface area contributed by atoms with E-state index in [9.17, 15) is 44.4 Å². The number of aliphatic hydroxyl groups is 3. The highest BCUT2D eigenvalue weighted by Gasteiger charge is 2.54. The van der Waals surface area contributed by atoms with Gasteiger partial charge in [-0.3, -0.25) is 14.5 Å². The smallest absolute Gasteiger partial charge is 0.352 e. The minimum atomic E-state index is -2.01. The zero-order valence-electron chi connectivity index (χ0n) is 21.1. The van der Waals surface area contributed by atoms with Crippen LogP contribution in [0.2, 0.25) is 0 Å². The van der Waals surface area contributed by atoms with Gasteiger partial charge >= 0.3 is 17.9 Å². The van der Waals surface area contributed by atoms with Crippen LogP contribution < -0.4 is 11.1 Å². The van der Waals surface area contributed by atoms with Gasteiger partial charge in [-0.1, -0.05) is 17.8 Å². The monoisotopic (exact) mass is 629 g/mol. The maximum absolute atomic E-state index is 13.1. The SMILES string of the molecule is C=CC1=C(C(=O)O)N2C(=O)[C@@H](NC(=O)/C(=N\OCC(=O)OC3OC(C(=O)O)C(O)C(O)C3O)c3csc(N)n3)[C@H]2SC1. The molecule has 42 heavy (non-hydrogen) atoms. The predicted molar refractivity (Wildman–Crippen MR) is 139 cm³/mol. The lowest BCUT2D eigenvalue weighted by atomic mass is 9.99. The standard InChI is InChI=1S/C22H23N5O13S2/c1-2-6-4-41-18-10(17(33)27(18)11(6)19(34)35)25-16(32)9(7-5-42-22(23)24-7)26-38-3-8(28)39-21-14(31)12(29)13(30)15(40-21)20(36)37/h2,5,10,12-15,18,21,29-31H,1,3-4H2,(H2,23,24)(H,25,32)(H,34,35)(H,36,37)/b26-9-/t10-,12?,13?,14?,15?,18-,21?/m1/s1. The largest absolute Gasteiger partial charge is 0.479 e. The molecule has 18 nitrogen and oxygen atoms in total. The summed E-state index contributed by atoms with van der Waals surface area (Å²) < 4.78 is 9.62. The van der Waals surface area contributed by atoms with Crippen LogP contribution in [0.1, 0.15) is 5.69 Å². The van der Waals surface area contributed by atoms with Crippen molar-refractivity contribution in [1.29, 1.82) is 0 Å². The number of thiazole rings is 1. The lowest BCUT2D eigenvalue weighted by Crippen LogP contribution is -2.71. The van der Waals surface area contributed by atoms with Crippen molar-refractivity contribution in [3.05, 3.63) is 35.0 Å². The topological polar surface area (TPSA) is 281 Å². The van der Waals surface area contributed by atoms with Crippen LogP contribution in [0.5, 0.6) is 0 Å². The van der Waals surface area contributed by atoms with E-state index in [1.54, 1.807) is 0 Å². The number of ether oxygens (including phenoxy) is 2. The Morgan fingerprint density at radius 2 is 1.95 bits per heavy atom. The summed E-state index contributed by atoms with van der Waals surface area (Å²) >= 11 is 2.14. The summed E-state index contributed by atoms with van der Waals surface area (Å²) in [5.74, 6) is -5.74. The molecule has 7 atom stereocenters. The average Bonchev–Trinajstić information content (AvgIpc) is 3.38. The van der Waals surface area contributed by atoms with E-state index in [4.69, 9.17) is 25.2 Å². The molecule has 0 bridgehead atoms. The van der Waals surface area contributed by atoms with Gasteiger partial charge in [-0.2, -0.15) is 0 Å². The molecule has 0 saturated carbocycles. The van der Waals surface area contributed by atoms with Gasteiger partial charge in [-0.15, -0.1) is 23.1 Å². The molecule has 3 aliphatic rings. The van der Waals surface area contributed by atoms with E-state index in [2.05, 4.69) is 22.0 Å². The van der Waals surface area contributed by atoms with Gasteiger partial charge in [0, 0.05) is 11.1 Å². The first kappa shape index (κ1) is 30.9. The highest BCUT2D eigenvalue weighted by molar-refractivity contribution is 8.00. The lowest BCUT2D eigenvalue weighted by molar-refractivity contribution is -0.287. The van der Waals surface area contributed by atoms with Crippen molar-refractivity contribution in [1.82, 2.24) is 15.2 Å². The number of aliphatic hydroxyl groups excluding tert-OH is 3. The second-order valence-corrected chi connectivity index (χ2v) is 10.7. The Morgan fingerprint density at radius 1 is 1.24 bits per heavy atom. The molecule has 8 N–H and O–H groups in total. The second-order valence-electron chi connectivity index (χ2n) is 8.75. The number of rotatable bonds is 10. The molecule has 1 aromatic rings. The van der Waals surface area contributed by atoms with Crippen LogP contribution in [0.15, 0.2) is 34.5 Å². The minimum absolute atomic E-state index is 0.0454. The van der Waals surface area contributed by atoms with E-state index in [1.807, 2.05) is 0 Å². The fourth-order valence-corrected chi connectivity index (χ4v) is 5.96. The van der Waals surface area contributed by atoms with Crippen molar-refractivity contribution in [3.8, 4) is 0 Å². The number of carbonyl (C=O) groups is 5. The van der Waals surface area contributed by atoms with Gasteiger partial charge in [0.05, 0.1) is 0 Å². The number of carbonyl (C=O) groups excluding carboxylic acids is 3. The van der Waals surface area contributed by atoms with E-state index < -0.39 is 84.2 Å². The number of aliphatic carboxylic acids is 2. The second kappa shape index (κ2) is 12.4. The summed E-state index contributed by atoms with van der Waals surface area (Å²) in [5.41, 5.74) is 5.14. The van der Waals surface area contributed by atoms with Gasteiger partial charge in [-0.25, -0.2) is 19.4 Å². The van der Waals surface area contributed by atoms with Crippen LogP contribution in [0.3, 0.4) is 0 Å². The molecule has 2 amide bonds. The van der Waals surface area contributed by atoms with Crippen LogP contribution in [0, 0.1) is 0 Å². The third-order valence-corrected chi connectivity index (χ3v) is 8.09. The number of amides is 2. The van der Waals surface area contributed by atoms with Crippen molar-refractivity contribution in [2.24, 2.45) is 5.16 Å². The number of aromatic nitrogens is 1. The Kier molecular flexibility index (Phi) is 9.13. The molecular weight excluding hydrogens is 606 g/mol. The molecule has 0 aromatic carbocycles. The maximum Gasteiger partial charge on any atom is 0.352 e. The number of allylic oxidation sites excluding steroid dienone is 1. The van der Waals surface area contributed by atoms with Gasteiger partial charge in [0.2, 0.25) is 12.9 Å². The third-order valence-electron chi connectivity index (χ3n) is 6.11. The first-order valence-corrected chi connectivity index (χ1v) is 13.7. The molecule has 0 spiro atoms. The fraction of sp³-hybridized carbons (Fsp3) is 0.409. The van der Waals surface area contributed by atoms with Crippen LogP contribution >= 0.6 is 23.1 Å². The number of nitrogens with zero attached hydrogens (tertiary/aromatic N) is 3. The lowest BCUT2D eigenvalue weighted by Gasteiger charge is -2.49. The molecule has 0 aliphatic carbocycles. The maximum atomic E-state index is 13.1. The molecule has 226 valence electrons. The van der Waals surface area contributed by atoms with Crippen molar-refractivity contribution in [2.45, 2.75) is 42.1 Å². The van der Waals surface area contributed by atoms with Gasteiger partial charge in [0.15, 0.2) is 16.9 Å². The third kappa shape index (κ3) is 5.93. The molecule has 20 heteroatoms. The number of fused-ring (bicyclic) bond motifs is 1. The number of esters is 1. The molecule has 4 heterocycles. The number of thioether (sulfide) groups is 1. The van der Waals surface area contributed by atoms with Gasteiger partial charge in [0.25, 0.3) is 11.8 Å². The number of hydrogen-bond acceptors (Lipinski definition) is 16. The first-order valence-electron chi connectivity index (χ1n) is 11.7. The van der Waals surface area contributed by atoms with Crippen LogP contribution in [-0.4, -0.2) is 125 Å². The van der Waals surface area contributed by atoms with E-state index in [0.717, 1.165) is 16.2 Å². The summed E-state index contributed by atoms with van der Waals surface area (Å²) in [6, 6.07) is -1.14. The predicted octanol–water partition coefficient (Wildman–Crippen LogP) is -3.19. The van der Waals surface area contributed by atoms with Gasteiger partial charge < -0.3 is 50.9 Å². The van der Waals surface area contributed by atoms with Crippen LogP contribution in [-0.2, 0) is 38.3 Å². The zero-order valence-corrected chi connectivity index (χ0v) is 22.7. The highest BCUT2D eigenvalue weighted by Crippen LogP contribution is 2.40. The molecule has 2 saturated heterocycles. The quantitative estimate of drug-likeness (QED) is 0.0581. The fourth-order valence-electron chi connectivity index (χ4n) is 4.07. The molecule has 3 aliphatic heterocycles. The number of oxime groups is 1. The highest BCUT2D eigenvalue weighted by atomic mass is 32.2. The Balaban J connectivity index is 1.43. The number of nitrogens with one attached hydrogen (secondary N) is 1. The first-order chi connectivity index (χ1) is 19.8. The number of β-lactam (4-membered cyclic amide) rings is 1. The molecule has 0 radical (unpaired) electrons. The number of nitrogen functional groups attached to an aromatic ring is 1. The van der Waals surface area contributed by atoms with E-state index in [-0.39, 0.29) is 22.3 Å².